The van der Waals surface area contributed by atoms with Gasteiger partial charge >= 0.3 is 0 Å². The molecule has 2 aliphatic heterocycles. The van der Waals surface area contributed by atoms with E-state index in [1.165, 1.54) is 58.0 Å². The molecule has 2 heterocycles. The van der Waals surface area contributed by atoms with Gasteiger partial charge in [-0.15, -0.1) is 0 Å². The Kier molecular flexibility index (Phi) is 5.23. The van der Waals surface area contributed by atoms with Crippen molar-refractivity contribution in [1.29, 1.82) is 0 Å². The third kappa shape index (κ3) is 3.80. The number of ether oxygens (including phenoxy) is 1. The minimum atomic E-state index is 0.356. The average Bonchev–Trinajstić information content (AvgIpc) is 2.90. The molecule has 2 saturated heterocycles. The molecule has 0 aromatic rings. The number of fused-ring (bicyclic) bond motifs is 1. The lowest BCUT2D eigenvalue weighted by atomic mass is 9.80. The Balaban J connectivity index is 1.63. The highest BCUT2D eigenvalue weighted by molar-refractivity contribution is 4.95. The zero-order valence-electron chi connectivity index (χ0n) is 14.1. The van der Waals surface area contributed by atoms with Crippen molar-refractivity contribution >= 4 is 0 Å². The molecule has 3 unspecified atom stereocenters. The molecule has 21 heavy (non-hydrogen) atoms. The van der Waals surface area contributed by atoms with E-state index in [-0.39, 0.29) is 0 Å². The Morgan fingerprint density at radius 1 is 1.19 bits per heavy atom. The summed E-state index contributed by atoms with van der Waals surface area (Å²) < 4.78 is 5.90. The molecule has 0 radical (unpaired) electrons. The summed E-state index contributed by atoms with van der Waals surface area (Å²) in [6.07, 6.45) is 9.86. The molecule has 1 saturated carbocycles. The topological polar surface area (TPSA) is 24.5 Å². The molecule has 0 amide bonds. The van der Waals surface area contributed by atoms with Crippen molar-refractivity contribution in [2.45, 2.75) is 70.9 Å². The van der Waals surface area contributed by atoms with Gasteiger partial charge in [-0.2, -0.15) is 0 Å². The number of rotatable bonds is 5. The minimum absolute atomic E-state index is 0.356. The number of hydrogen-bond donors (Lipinski definition) is 1. The molecular formula is C18H34N2O. The molecule has 0 spiro atoms. The fourth-order valence-electron chi connectivity index (χ4n) is 4.78. The number of nitrogens with zero attached hydrogens (tertiary/aromatic N) is 1. The lowest BCUT2D eigenvalue weighted by Crippen LogP contribution is -2.51. The average molecular weight is 294 g/mol. The van der Waals surface area contributed by atoms with Crippen LogP contribution in [0.5, 0.6) is 0 Å². The Morgan fingerprint density at radius 3 is 2.81 bits per heavy atom. The van der Waals surface area contributed by atoms with Gasteiger partial charge in [0.25, 0.3) is 0 Å². The van der Waals surface area contributed by atoms with Gasteiger partial charge in [-0.05, 0) is 44.6 Å². The van der Waals surface area contributed by atoms with E-state index in [1.54, 1.807) is 0 Å². The second-order valence-electron chi connectivity index (χ2n) is 8.06. The highest BCUT2D eigenvalue weighted by Crippen LogP contribution is 2.39. The normalized spacial score (nSPS) is 37.9. The van der Waals surface area contributed by atoms with Crippen LogP contribution in [0.3, 0.4) is 0 Å². The van der Waals surface area contributed by atoms with Crippen molar-refractivity contribution in [2.75, 3.05) is 32.8 Å². The predicted octanol–water partition coefficient (Wildman–Crippen LogP) is 3.05. The zero-order valence-corrected chi connectivity index (χ0v) is 14.1. The van der Waals surface area contributed by atoms with E-state index in [0.717, 1.165) is 31.7 Å². The maximum Gasteiger partial charge on any atom is 0.0546 e. The number of likely N-dealkylation sites (tertiary alicyclic amines) is 1. The molecule has 0 aromatic heterocycles. The highest BCUT2D eigenvalue weighted by atomic mass is 16.5. The van der Waals surface area contributed by atoms with Crippen LogP contribution in [0.15, 0.2) is 0 Å². The molecule has 3 nitrogen and oxygen atoms in total. The second kappa shape index (κ2) is 6.97. The SMILES string of the molecule is CC(C)NCC1(CN2CCC3CCCCC32)CCCOC1. The molecule has 3 atom stereocenters. The zero-order chi connectivity index (χ0) is 14.7. The number of nitrogens with one attached hydrogen (secondary N) is 1. The van der Waals surface area contributed by atoms with Gasteiger partial charge in [0.05, 0.1) is 6.61 Å². The van der Waals surface area contributed by atoms with E-state index in [0.29, 0.717) is 11.5 Å². The first-order chi connectivity index (χ1) is 10.2. The fourth-order valence-corrected chi connectivity index (χ4v) is 4.78. The number of hydrogen-bond acceptors (Lipinski definition) is 3. The second-order valence-corrected chi connectivity index (χ2v) is 8.06. The summed E-state index contributed by atoms with van der Waals surface area (Å²) in [4.78, 5) is 2.83. The molecule has 3 aliphatic rings. The maximum absolute atomic E-state index is 5.90. The van der Waals surface area contributed by atoms with Crippen LogP contribution in [0.25, 0.3) is 0 Å². The third-order valence-electron chi connectivity index (χ3n) is 5.95. The Hall–Kier alpha value is -0.120. The summed E-state index contributed by atoms with van der Waals surface area (Å²) in [5.41, 5.74) is 0.356. The lowest BCUT2D eigenvalue weighted by Gasteiger charge is -2.43. The van der Waals surface area contributed by atoms with Crippen LogP contribution in [0, 0.1) is 11.3 Å². The summed E-state index contributed by atoms with van der Waals surface area (Å²) in [5, 5.41) is 3.70. The van der Waals surface area contributed by atoms with Crippen molar-refractivity contribution in [3.05, 3.63) is 0 Å². The quantitative estimate of drug-likeness (QED) is 0.843. The van der Waals surface area contributed by atoms with Crippen LogP contribution in [-0.2, 0) is 4.74 Å². The predicted molar refractivity (Wildman–Crippen MR) is 87.6 cm³/mol. The van der Waals surface area contributed by atoms with Crippen LogP contribution >= 0.6 is 0 Å². The van der Waals surface area contributed by atoms with Crippen LogP contribution < -0.4 is 5.32 Å². The molecule has 0 bridgehead atoms. The van der Waals surface area contributed by atoms with Crippen LogP contribution in [0.1, 0.15) is 58.8 Å². The van der Waals surface area contributed by atoms with E-state index in [1.807, 2.05) is 0 Å². The molecular weight excluding hydrogens is 260 g/mol. The standard InChI is InChI=1S/C18H34N2O/c1-15(2)19-12-18(9-5-11-21-14-18)13-20-10-8-16-6-3-4-7-17(16)20/h15-17,19H,3-14H2,1-2H3. The van der Waals surface area contributed by atoms with E-state index in [2.05, 4.69) is 24.1 Å². The first-order valence-electron chi connectivity index (χ1n) is 9.24. The molecule has 1 N–H and O–H groups in total. The smallest absolute Gasteiger partial charge is 0.0546 e. The third-order valence-corrected chi connectivity index (χ3v) is 5.95. The largest absolute Gasteiger partial charge is 0.381 e. The molecule has 122 valence electrons. The Bertz CT molecular complexity index is 325. The van der Waals surface area contributed by atoms with Crippen molar-refractivity contribution < 1.29 is 4.74 Å². The van der Waals surface area contributed by atoms with Crippen LogP contribution in [0.2, 0.25) is 0 Å². The summed E-state index contributed by atoms with van der Waals surface area (Å²) in [7, 11) is 0. The molecule has 1 aliphatic carbocycles. The summed E-state index contributed by atoms with van der Waals surface area (Å²) in [6, 6.07) is 1.46. The summed E-state index contributed by atoms with van der Waals surface area (Å²) in [6.45, 7) is 10.1. The van der Waals surface area contributed by atoms with Crippen molar-refractivity contribution in [1.82, 2.24) is 10.2 Å². The lowest BCUT2D eigenvalue weighted by molar-refractivity contribution is -0.0317. The van der Waals surface area contributed by atoms with E-state index >= 15 is 0 Å². The van der Waals surface area contributed by atoms with Gasteiger partial charge in [0, 0.05) is 37.2 Å². The van der Waals surface area contributed by atoms with Gasteiger partial charge in [0.15, 0.2) is 0 Å². The van der Waals surface area contributed by atoms with Gasteiger partial charge in [-0.1, -0.05) is 26.7 Å². The monoisotopic (exact) mass is 294 g/mol. The van der Waals surface area contributed by atoms with Gasteiger partial charge in [0.1, 0.15) is 0 Å². The fraction of sp³-hybridized carbons (Fsp3) is 1.00. The van der Waals surface area contributed by atoms with Gasteiger partial charge in [-0.3, -0.25) is 4.90 Å². The Labute approximate surface area is 130 Å². The first kappa shape index (κ1) is 15.8. The van der Waals surface area contributed by atoms with E-state index in [4.69, 9.17) is 4.74 Å². The maximum atomic E-state index is 5.90. The molecule has 0 aromatic carbocycles. The highest BCUT2D eigenvalue weighted by Gasteiger charge is 2.41. The summed E-state index contributed by atoms with van der Waals surface area (Å²) in [5.74, 6) is 0.998. The molecule has 3 heteroatoms. The van der Waals surface area contributed by atoms with Crippen LogP contribution in [0.4, 0.5) is 0 Å². The minimum Gasteiger partial charge on any atom is -0.381 e. The summed E-state index contributed by atoms with van der Waals surface area (Å²) >= 11 is 0. The van der Waals surface area contributed by atoms with E-state index < -0.39 is 0 Å². The van der Waals surface area contributed by atoms with Gasteiger partial charge in [-0.25, -0.2) is 0 Å². The first-order valence-corrected chi connectivity index (χ1v) is 9.24. The van der Waals surface area contributed by atoms with Crippen molar-refractivity contribution in [3.8, 4) is 0 Å². The molecule has 3 fully saturated rings. The van der Waals surface area contributed by atoms with E-state index in [9.17, 15) is 0 Å². The Morgan fingerprint density at radius 2 is 2.05 bits per heavy atom. The van der Waals surface area contributed by atoms with Crippen LogP contribution in [-0.4, -0.2) is 49.8 Å². The van der Waals surface area contributed by atoms with Gasteiger partial charge < -0.3 is 10.1 Å². The van der Waals surface area contributed by atoms with Crippen molar-refractivity contribution in [2.24, 2.45) is 11.3 Å². The molecule has 3 rings (SSSR count). The van der Waals surface area contributed by atoms with Gasteiger partial charge in [0.2, 0.25) is 0 Å². The van der Waals surface area contributed by atoms with Crippen molar-refractivity contribution in [3.63, 3.8) is 0 Å².